The number of hydrogen-bond acceptors (Lipinski definition) is 2. The van der Waals surface area contributed by atoms with Gasteiger partial charge in [-0.3, -0.25) is 5.10 Å². The number of aromatic amines is 2. The molecular weight excluding hydrogens is 327 g/mol. The third kappa shape index (κ3) is 2.47. The molecule has 0 radical (unpaired) electrons. The van der Waals surface area contributed by atoms with Crippen molar-refractivity contribution in [3.8, 4) is 22.5 Å². The molecule has 2 heterocycles. The average Bonchev–Trinajstić information content (AvgIpc) is 3.22. The van der Waals surface area contributed by atoms with Crippen molar-refractivity contribution < 1.29 is 4.39 Å². The minimum atomic E-state index is -0.437. The maximum Gasteiger partial charge on any atom is 0.141 e. The lowest BCUT2D eigenvalue weighted by Gasteiger charge is -2.05. The second kappa shape index (κ2) is 5.76. The van der Waals surface area contributed by atoms with Gasteiger partial charge in [0.2, 0.25) is 0 Å². The van der Waals surface area contributed by atoms with Crippen molar-refractivity contribution in [2.24, 2.45) is 0 Å². The molecule has 0 amide bonds. The van der Waals surface area contributed by atoms with Crippen molar-refractivity contribution in [3.05, 3.63) is 59.3 Å². The standard InChI is InChI=1S/C18H14ClFN4/c1-2-16-22-17(10-4-6-15-12(7-10)9-21-24-15)18(23-16)11-3-5-14(20)13(19)8-11/h3-9H,2H2,1H3,(H,21,24)(H,22,23). The van der Waals surface area contributed by atoms with Crippen LogP contribution in [-0.2, 0) is 6.42 Å². The van der Waals surface area contributed by atoms with Gasteiger partial charge in [-0.15, -0.1) is 0 Å². The van der Waals surface area contributed by atoms with Crippen LogP contribution in [0.5, 0.6) is 0 Å². The van der Waals surface area contributed by atoms with Gasteiger partial charge in [-0.1, -0.05) is 24.6 Å². The van der Waals surface area contributed by atoms with Crippen molar-refractivity contribution >= 4 is 22.5 Å². The highest BCUT2D eigenvalue weighted by molar-refractivity contribution is 6.31. The first-order valence-electron chi connectivity index (χ1n) is 7.63. The number of nitrogens with zero attached hydrogens (tertiary/aromatic N) is 2. The van der Waals surface area contributed by atoms with E-state index in [1.165, 1.54) is 6.07 Å². The van der Waals surface area contributed by atoms with Gasteiger partial charge in [0.25, 0.3) is 0 Å². The van der Waals surface area contributed by atoms with Gasteiger partial charge < -0.3 is 4.98 Å². The summed E-state index contributed by atoms with van der Waals surface area (Å²) in [5, 5.41) is 8.09. The quantitative estimate of drug-likeness (QED) is 0.553. The minimum Gasteiger partial charge on any atom is -0.341 e. The van der Waals surface area contributed by atoms with E-state index in [-0.39, 0.29) is 5.02 Å². The zero-order chi connectivity index (χ0) is 16.7. The van der Waals surface area contributed by atoms with Crippen LogP contribution in [0.1, 0.15) is 12.7 Å². The molecule has 2 N–H and O–H groups in total. The van der Waals surface area contributed by atoms with Crippen LogP contribution in [0.15, 0.2) is 42.6 Å². The van der Waals surface area contributed by atoms with Gasteiger partial charge >= 0.3 is 0 Å². The van der Waals surface area contributed by atoms with Crippen molar-refractivity contribution in [3.63, 3.8) is 0 Å². The number of nitrogens with one attached hydrogen (secondary N) is 2. The number of imidazole rings is 1. The van der Waals surface area contributed by atoms with E-state index >= 15 is 0 Å². The number of aromatic nitrogens is 4. The van der Waals surface area contributed by atoms with Crippen LogP contribution in [0.25, 0.3) is 33.4 Å². The fraction of sp³-hybridized carbons (Fsp3) is 0.111. The Balaban J connectivity index is 1.91. The van der Waals surface area contributed by atoms with Crippen LogP contribution < -0.4 is 0 Å². The first kappa shape index (κ1) is 14.9. The highest BCUT2D eigenvalue weighted by atomic mass is 35.5. The molecule has 4 nitrogen and oxygen atoms in total. The summed E-state index contributed by atoms with van der Waals surface area (Å²) in [4.78, 5) is 8.01. The lowest BCUT2D eigenvalue weighted by molar-refractivity contribution is 0.628. The van der Waals surface area contributed by atoms with E-state index in [0.29, 0.717) is 0 Å². The predicted molar refractivity (Wildman–Crippen MR) is 93.5 cm³/mol. The van der Waals surface area contributed by atoms with Gasteiger partial charge in [-0.2, -0.15) is 5.10 Å². The van der Waals surface area contributed by atoms with Gasteiger partial charge in [0, 0.05) is 22.9 Å². The van der Waals surface area contributed by atoms with E-state index in [1.54, 1.807) is 18.3 Å². The van der Waals surface area contributed by atoms with Gasteiger partial charge in [-0.05, 0) is 30.3 Å². The number of aryl methyl sites for hydroxylation is 1. The zero-order valence-corrected chi connectivity index (χ0v) is 13.7. The van der Waals surface area contributed by atoms with Gasteiger partial charge in [-0.25, -0.2) is 9.37 Å². The van der Waals surface area contributed by atoms with Crippen molar-refractivity contribution in [1.82, 2.24) is 20.2 Å². The molecule has 0 fully saturated rings. The minimum absolute atomic E-state index is 0.0878. The first-order valence-corrected chi connectivity index (χ1v) is 8.01. The van der Waals surface area contributed by atoms with Crippen molar-refractivity contribution in [2.75, 3.05) is 0 Å². The summed E-state index contributed by atoms with van der Waals surface area (Å²) >= 11 is 5.94. The maximum absolute atomic E-state index is 13.5. The predicted octanol–water partition coefficient (Wildman–Crippen LogP) is 4.97. The second-order valence-corrected chi connectivity index (χ2v) is 5.97. The van der Waals surface area contributed by atoms with Crippen LogP contribution in [0.2, 0.25) is 5.02 Å². The van der Waals surface area contributed by atoms with E-state index in [2.05, 4.69) is 20.2 Å². The summed E-state index contributed by atoms with van der Waals surface area (Å²) in [6.07, 6.45) is 2.56. The molecule has 24 heavy (non-hydrogen) atoms. The molecule has 0 aliphatic heterocycles. The fourth-order valence-corrected chi connectivity index (χ4v) is 2.93. The Labute approximate surface area is 142 Å². The molecule has 4 aromatic rings. The molecule has 0 saturated carbocycles. The van der Waals surface area contributed by atoms with Crippen molar-refractivity contribution in [1.29, 1.82) is 0 Å². The molecule has 0 unspecified atom stereocenters. The molecule has 0 saturated heterocycles. The first-order chi connectivity index (χ1) is 11.7. The summed E-state index contributed by atoms with van der Waals surface area (Å²) in [7, 11) is 0. The molecule has 0 aliphatic rings. The summed E-state index contributed by atoms with van der Waals surface area (Å²) < 4.78 is 13.5. The third-order valence-electron chi connectivity index (χ3n) is 4.01. The number of rotatable bonds is 3. The Bertz CT molecular complexity index is 1030. The van der Waals surface area contributed by atoms with E-state index in [1.807, 2.05) is 25.1 Å². The van der Waals surface area contributed by atoms with Crippen LogP contribution >= 0.6 is 11.6 Å². The largest absolute Gasteiger partial charge is 0.341 e. The molecule has 0 aliphatic carbocycles. The van der Waals surface area contributed by atoms with Crippen molar-refractivity contribution in [2.45, 2.75) is 13.3 Å². The van der Waals surface area contributed by atoms with Gasteiger partial charge in [0.15, 0.2) is 0 Å². The van der Waals surface area contributed by atoms with Crippen LogP contribution in [0.3, 0.4) is 0 Å². The van der Waals surface area contributed by atoms with Crippen LogP contribution in [0.4, 0.5) is 4.39 Å². The Hall–Kier alpha value is -2.66. The lowest BCUT2D eigenvalue weighted by Crippen LogP contribution is -1.86. The van der Waals surface area contributed by atoms with Crippen LogP contribution in [0, 0.1) is 5.82 Å². The normalized spacial score (nSPS) is 11.3. The summed E-state index contributed by atoms with van der Waals surface area (Å²) in [6.45, 7) is 2.03. The number of fused-ring (bicyclic) bond motifs is 1. The fourth-order valence-electron chi connectivity index (χ4n) is 2.75. The lowest BCUT2D eigenvalue weighted by atomic mass is 10.0. The van der Waals surface area contributed by atoms with Crippen LogP contribution in [-0.4, -0.2) is 20.2 Å². The molecule has 2 aromatic carbocycles. The molecular formula is C18H14ClFN4. The van der Waals surface area contributed by atoms with E-state index in [0.717, 1.165) is 45.7 Å². The highest BCUT2D eigenvalue weighted by Gasteiger charge is 2.15. The Morgan fingerprint density at radius 3 is 2.75 bits per heavy atom. The number of hydrogen-bond donors (Lipinski definition) is 2. The Morgan fingerprint density at radius 1 is 1.12 bits per heavy atom. The molecule has 2 aromatic heterocycles. The summed E-state index contributed by atoms with van der Waals surface area (Å²) in [5.74, 6) is 0.431. The highest BCUT2D eigenvalue weighted by Crippen LogP contribution is 2.33. The maximum atomic E-state index is 13.5. The Morgan fingerprint density at radius 2 is 1.96 bits per heavy atom. The van der Waals surface area contributed by atoms with Gasteiger partial charge in [0.05, 0.1) is 28.1 Å². The number of benzene rings is 2. The Kier molecular flexibility index (Phi) is 3.58. The SMILES string of the molecule is CCc1nc(-c2ccc(F)c(Cl)c2)c(-c2ccc3[nH]ncc3c2)[nH]1. The summed E-state index contributed by atoms with van der Waals surface area (Å²) in [5.41, 5.74) is 4.39. The molecule has 6 heteroatoms. The van der Waals surface area contributed by atoms with Gasteiger partial charge in [0.1, 0.15) is 11.6 Å². The average molecular weight is 341 g/mol. The molecule has 4 rings (SSSR count). The number of H-pyrrole nitrogens is 2. The van der Waals surface area contributed by atoms with E-state index < -0.39 is 5.82 Å². The smallest absolute Gasteiger partial charge is 0.141 e. The summed E-state index contributed by atoms with van der Waals surface area (Å²) in [6, 6.07) is 10.7. The third-order valence-corrected chi connectivity index (χ3v) is 4.30. The monoisotopic (exact) mass is 340 g/mol. The number of halogens is 2. The van der Waals surface area contributed by atoms with E-state index in [9.17, 15) is 4.39 Å². The zero-order valence-electron chi connectivity index (χ0n) is 12.9. The molecule has 0 spiro atoms. The topological polar surface area (TPSA) is 57.4 Å². The molecule has 120 valence electrons. The molecule has 0 bridgehead atoms. The van der Waals surface area contributed by atoms with E-state index in [4.69, 9.17) is 11.6 Å². The molecule has 0 atom stereocenters. The second-order valence-electron chi connectivity index (χ2n) is 5.56.